The topological polar surface area (TPSA) is 89.8 Å². The predicted octanol–water partition coefficient (Wildman–Crippen LogP) is 5.16. The van der Waals surface area contributed by atoms with Crippen molar-refractivity contribution in [1.82, 2.24) is 9.99 Å². The summed E-state index contributed by atoms with van der Waals surface area (Å²) in [6.45, 7) is 0. The number of hydrazone groups is 1. The second-order valence-corrected chi connectivity index (χ2v) is 9.44. The van der Waals surface area contributed by atoms with E-state index in [1.165, 1.54) is 18.3 Å². The van der Waals surface area contributed by atoms with Gasteiger partial charge in [0.05, 0.1) is 17.5 Å². The molecule has 0 radical (unpaired) electrons. The van der Waals surface area contributed by atoms with E-state index in [9.17, 15) is 13.2 Å². The first-order valence-corrected chi connectivity index (χ1v) is 12.5. The molecule has 1 amide bonds. The number of aromatic nitrogens is 1. The summed E-state index contributed by atoms with van der Waals surface area (Å²) in [4.78, 5) is 12.8. The van der Waals surface area contributed by atoms with Gasteiger partial charge in [0, 0.05) is 18.0 Å². The van der Waals surface area contributed by atoms with Crippen LogP contribution in [-0.2, 0) is 10.1 Å². The van der Waals surface area contributed by atoms with Gasteiger partial charge in [-0.05, 0) is 59.3 Å². The minimum Gasteiger partial charge on any atom is -0.378 e. The molecule has 0 atom stereocenters. The van der Waals surface area contributed by atoms with Gasteiger partial charge in [-0.2, -0.15) is 13.5 Å². The number of rotatable bonds is 7. The Labute approximate surface area is 208 Å². The zero-order valence-corrected chi connectivity index (χ0v) is 19.8. The molecule has 0 spiro atoms. The molecule has 7 nitrogen and oxygen atoms in total. The number of hydrogen-bond acceptors (Lipinski definition) is 5. The van der Waals surface area contributed by atoms with E-state index in [1.807, 2.05) is 65.5 Å². The summed E-state index contributed by atoms with van der Waals surface area (Å²) in [7, 11) is -4.09. The van der Waals surface area contributed by atoms with Gasteiger partial charge in [0.15, 0.2) is 5.75 Å². The van der Waals surface area contributed by atoms with Crippen molar-refractivity contribution in [3.8, 4) is 11.4 Å². The number of fused-ring (bicyclic) bond motifs is 1. The minimum atomic E-state index is -4.09. The van der Waals surface area contributed by atoms with E-state index >= 15 is 0 Å². The van der Waals surface area contributed by atoms with Gasteiger partial charge in [-0.3, -0.25) is 4.79 Å². The Bertz CT molecular complexity index is 1680. The first-order chi connectivity index (χ1) is 17.5. The summed E-state index contributed by atoms with van der Waals surface area (Å²) < 4.78 is 33.2. The van der Waals surface area contributed by atoms with Crippen LogP contribution in [0.1, 0.15) is 15.9 Å². The molecule has 5 aromatic rings. The van der Waals surface area contributed by atoms with Crippen molar-refractivity contribution in [3.05, 3.63) is 127 Å². The third kappa shape index (κ3) is 4.89. The molecule has 5 rings (SSSR count). The molecular formula is C28H21N3O4S. The normalized spacial score (nSPS) is 11.6. The fourth-order valence-electron chi connectivity index (χ4n) is 3.76. The van der Waals surface area contributed by atoms with Crippen molar-refractivity contribution in [2.45, 2.75) is 4.90 Å². The molecule has 0 fully saturated rings. The Morgan fingerprint density at radius 3 is 2.33 bits per heavy atom. The van der Waals surface area contributed by atoms with Gasteiger partial charge in [0.25, 0.3) is 5.91 Å². The summed E-state index contributed by atoms with van der Waals surface area (Å²) in [5.41, 5.74) is 4.04. The van der Waals surface area contributed by atoms with Crippen LogP contribution in [0.2, 0.25) is 0 Å². The van der Waals surface area contributed by atoms with Gasteiger partial charge in [-0.1, -0.05) is 54.6 Å². The average Bonchev–Trinajstić information content (AvgIpc) is 3.44. The Morgan fingerprint density at radius 2 is 1.50 bits per heavy atom. The van der Waals surface area contributed by atoms with Crippen molar-refractivity contribution in [3.63, 3.8) is 0 Å². The summed E-state index contributed by atoms with van der Waals surface area (Å²) >= 11 is 0. The average molecular weight is 496 g/mol. The highest BCUT2D eigenvalue weighted by atomic mass is 32.2. The fraction of sp³-hybridized carbons (Fsp3) is 0. The summed E-state index contributed by atoms with van der Waals surface area (Å²) in [6.07, 6.45) is 5.04. The number of nitrogens with one attached hydrogen (secondary N) is 1. The lowest BCUT2D eigenvalue weighted by molar-refractivity contribution is 0.0955. The molecule has 0 aliphatic heterocycles. The smallest absolute Gasteiger partial charge is 0.339 e. The quantitative estimate of drug-likeness (QED) is 0.192. The maximum atomic E-state index is 13.0. The number of carbonyl (C=O) groups excluding carboxylic acids is 1. The van der Waals surface area contributed by atoms with Crippen molar-refractivity contribution in [2.24, 2.45) is 5.10 Å². The number of carbonyl (C=O) groups is 1. The van der Waals surface area contributed by atoms with Crippen molar-refractivity contribution >= 4 is 33.0 Å². The first-order valence-electron chi connectivity index (χ1n) is 11.1. The Kier molecular flexibility index (Phi) is 6.34. The molecule has 8 heteroatoms. The molecule has 178 valence electrons. The third-order valence-corrected chi connectivity index (χ3v) is 6.76. The molecule has 0 saturated heterocycles. The van der Waals surface area contributed by atoms with Crippen LogP contribution in [0.15, 0.2) is 126 Å². The number of para-hydroxylation sites is 2. The molecule has 1 N–H and O–H groups in total. The molecule has 4 aromatic carbocycles. The van der Waals surface area contributed by atoms with E-state index in [0.717, 1.165) is 10.8 Å². The predicted molar refractivity (Wildman–Crippen MR) is 139 cm³/mol. The van der Waals surface area contributed by atoms with Crippen molar-refractivity contribution < 1.29 is 17.4 Å². The molecule has 0 aliphatic rings. The molecular weight excluding hydrogens is 474 g/mol. The third-order valence-electron chi connectivity index (χ3n) is 5.53. The van der Waals surface area contributed by atoms with Crippen molar-refractivity contribution in [1.29, 1.82) is 0 Å². The Hall–Kier alpha value is -4.69. The summed E-state index contributed by atoms with van der Waals surface area (Å²) in [5.74, 6) is -0.311. The van der Waals surface area contributed by atoms with E-state index in [1.54, 1.807) is 42.5 Å². The van der Waals surface area contributed by atoms with Crippen molar-refractivity contribution in [2.75, 3.05) is 0 Å². The highest BCUT2D eigenvalue weighted by molar-refractivity contribution is 7.87. The van der Waals surface area contributed by atoms with Crippen LogP contribution >= 0.6 is 0 Å². The molecule has 1 aromatic heterocycles. The first kappa shape index (κ1) is 23.1. The van der Waals surface area contributed by atoms with E-state index < -0.39 is 16.0 Å². The number of benzene rings is 4. The maximum absolute atomic E-state index is 13.0. The molecule has 0 saturated carbocycles. The molecule has 0 aliphatic carbocycles. The lowest BCUT2D eigenvalue weighted by Gasteiger charge is -2.10. The lowest BCUT2D eigenvalue weighted by Crippen LogP contribution is -2.19. The van der Waals surface area contributed by atoms with Crippen LogP contribution < -0.4 is 9.61 Å². The second-order valence-electron chi connectivity index (χ2n) is 7.89. The highest BCUT2D eigenvalue weighted by Crippen LogP contribution is 2.24. The second kappa shape index (κ2) is 9.89. The SMILES string of the molecule is O=C(N/N=C\c1ccccc1OS(=O)(=O)c1ccc2ccccc2c1)c1ccccc1-n1cccc1. The van der Waals surface area contributed by atoms with E-state index in [2.05, 4.69) is 10.5 Å². The fourth-order valence-corrected chi connectivity index (χ4v) is 4.75. The Balaban J connectivity index is 1.35. The monoisotopic (exact) mass is 495 g/mol. The number of hydrogen-bond donors (Lipinski definition) is 1. The van der Waals surface area contributed by atoms with Crippen LogP contribution in [0.5, 0.6) is 5.75 Å². The van der Waals surface area contributed by atoms with E-state index in [-0.39, 0.29) is 10.6 Å². The van der Waals surface area contributed by atoms with E-state index in [0.29, 0.717) is 16.8 Å². The van der Waals surface area contributed by atoms with Gasteiger partial charge in [0.2, 0.25) is 0 Å². The summed E-state index contributed by atoms with van der Waals surface area (Å²) in [5, 5.41) is 5.76. The van der Waals surface area contributed by atoms with Crippen LogP contribution in [0.25, 0.3) is 16.5 Å². The zero-order valence-electron chi connectivity index (χ0n) is 19.0. The molecule has 1 heterocycles. The van der Waals surface area contributed by atoms with Crippen LogP contribution in [-0.4, -0.2) is 25.1 Å². The molecule has 36 heavy (non-hydrogen) atoms. The lowest BCUT2D eigenvalue weighted by atomic mass is 10.1. The Morgan fingerprint density at radius 1 is 0.806 bits per heavy atom. The van der Waals surface area contributed by atoms with E-state index in [4.69, 9.17) is 4.18 Å². The van der Waals surface area contributed by atoms with Gasteiger partial charge >= 0.3 is 10.1 Å². The molecule has 0 unspecified atom stereocenters. The maximum Gasteiger partial charge on any atom is 0.339 e. The zero-order chi connectivity index (χ0) is 25.0. The highest BCUT2D eigenvalue weighted by Gasteiger charge is 2.19. The van der Waals surface area contributed by atoms with Crippen LogP contribution in [0.3, 0.4) is 0 Å². The summed E-state index contributed by atoms with van der Waals surface area (Å²) in [6, 6.07) is 29.8. The minimum absolute atomic E-state index is 0.0443. The van der Waals surface area contributed by atoms with Gasteiger partial charge < -0.3 is 8.75 Å². The number of nitrogens with zero attached hydrogens (tertiary/aromatic N) is 2. The largest absolute Gasteiger partial charge is 0.378 e. The van der Waals surface area contributed by atoms with Crippen LogP contribution in [0, 0.1) is 0 Å². The van der Waals surface area contributed by atoms with Gasteiger partial charge in [0.1, 0.15) is 4.90 Å². The standard InChI is InChI=1S/C28H21N3O4S/c32-28(25-12-4-5-13-26(25)31-17-7-8-18-31)30-29-20-23-11-3-6-14-27(23)35-36(33,34)24-16-15-21-9-1-2-10-22(21)19-24/h1-20H,(H,30,32)/b29-20-. The van der Waals surface area contributed by atoms with Gasteiger partial charge in [-0.15, -0.1) is 0 Å². The van der Waals surface area contributed by atoms with Crippen LogP contribution in [0.4, 0.5) is 0 Å². The van der Waals surface area contributed by atoms with Gasteiger partial charge in [-0.25, -0.2) is 5.43 Å². The number of amides is 1. The molecule has 0 bridgehead atoms.